The molecule has 0 aliphatic carbocycles. The second kappa shape index (κ2) is 18.8. The molecule has 0 amide bonds. The summed E-state index contributed by atoms with van der Waals surface area (Å²) in [7, 11) is -20.4. The van der Waals surface area contributed by atoms with Crippen molar-refractivity contribution in [3.63, 3.8) is 0 Å². The van der Waals surface area contributed by atoms with Gasteiger partial charge in [-0.05, 0) is 66.0 Å². The zero-order valence-electron chi connectivity index (χ0n) is 28.9. The Hall–Kier alpha value is -1.26. The average molecular weight is 861 g/mol. The molecule has 1 N–H and O–H groups in total. The van der Waals surface area contributed by atoms with Crippen molar-refractivity contribution in [1.29, 1.82) is 0 Å². The molecular formula is C30H16N4Na4O13S4. The summed E-state index contributed by atoms with van der Waals surface area (Å²) in [5, 5.41) is 27.1. The maximum atomic E-state index is 11.9. The number of hydrogen-bond acceptors (Lipinski definition) is 17. The van der Waals surface area contributed by atoms with E-state index in [-0.39, 0.29) is 163 Å². The molecule has 6 rings (SSSR count). The standard InChI is InChI=1S/C30H20N4O13S4.4Na/c35-28-15-22-16(12-30(28)51(45,46)47)11-18(49(39,40)41)14-27(22)34-33-25-8-7-24(19-3-1-2-4-20(19)25)31-32-26-9-10-29(50(42,43)44)23-13-17(48(36,37)38)5-6-21(23)26;;;;/h1-15,35H,(H,36,37,38)(H,39,40,41)(H,42,43,44)(H,45,46,47);;;;/q;4*+1/p-4. The third-order valence-corrected chi connectivity index (χ3v) is 10.8. The van der Waals surface area contributed by atoms with E-state index in [9.17, 15) is 57.0 Å². The third-order valence-electron chi connectivity index (χ3n) is 7.43. The number of hydrogen-bond donors (Lipinski definition) is 1. The van der Waals surface area contributed by atoms with Crippen LogP contribution in [-0.2, 0) is 40.5 Å². The second-order valence-corrected chi connectivity index (χ2v) is 16.1. The molecule has 6 aromatic carbocycles. The van der Waals surface area contributed by atoms with Gasteiger partial charge in [0.2, 0.25) is 0 Å². The minimum absolute atomic E-state index is 0. The predicted molar refractivity (Wildman–Crippen MR) is 174 cm³/mol. The molecular weight excluding hydrogens is 845 g/mol. The van der Waals surface area contributed by atoms with Crippen molar-refractivity contribution in [2.75, 3.05) is 0 Å². The number of azo groups is 2. The number of phenolic OH excluding ortho intramolecular Hbond substituents is 1. The van der Waals surface area contributed by atoms with Gasteiger partial charge in [0.25, 0.3) is 0 Å². The van der Waals surface area contributed by atoms with E-state index < -0.39 is 65.8 Å². The molecule has 17 nitrogen and oxygen atoms in total. The SMILES string of the molecule is O=S(=O)([O-])c1cc(N=Nc2ccc(N=Nc3ccc(S(=O)(=O)[O-])c4cc(S(=O)(=O)[O-])ccc34)c3ccccc23)c2cc(O)c(S(=O)(=O)[O-])cc2c1.[Na+].[Na+].[Na+].[Na+]. The van der Waals surface area contributed by atoms with Crippen molar-refractivity contribution in [2.45, 2.75) is 19.6 Å². The molecule has 0 aliphatic heterocycles. The van der Waals surface area contributed by atoms with Crippen molar-refractivity contribution in [3.8, 4) is 5.75 Å². The van der Waals surface area contributed by atoms with Crippen molar-refractivity contribution in [1.82, 2.24) is 0 Å². The van der Waals surface area contributed by atoms with Crippen LogP contribution >= 0.6 is 0 Å². The molecule has 25 heteroatoms. The number of fused-ring (bicyclic) bond motifs is 3. The Labute approximate surface area is 401 Å². The van der Waals surface area contributed by atoms with Crippen molar-refractivity contribution < 1.29 is 175 Å². The molecule has 0 bridgehead atoms. The summed E-state index contributed by atoms with van der Waals surface area (Å²) in [5.41, 5.74) is 0.149. The quantitative estimate of drug-likeness (QED) is 0.0847. The molecule has 0 heterocycles. The van der Waals surface area contributed by atoms with Gasteiger partial charge in [0.05, 0.1) is 42.3 Å². The Kier molecular flexibility index (Phi) is 17.0. The topological polar surface area (TPSA) is 298 Å². The van der Waals surface area contributed by atoms with Crippen molar-refractivity contribution in [3.05, 3.63) is 91.0 Å². The molecule has 0 saturated carbocycles. The minimum atomic E-state index is -5.19. The third kappa shape index (κ3) is 11.1. The first kappa shape index (κ1) is 49.9. The summed E-state index contributed by atoms with van der Waals surface area (Å²) in [5.74, 6) is -0.945. The molecule has 0 unspecified atom stereocenters. The van der Waals surface area contributed by atoms with Crippen LogP contribution in [0, 0.1) is 0 Å². The molecule has 0 fully saturated rings. The maximum Gasteiger partial charge on any atom is 1.00 e. The fourth-order valence-electron chi connectivity index (χ4n) is 5.16. The molecule has 0 radical (unpaired) electrons. The average Bonchev–Trinajstić information content (AvgIpc) is 3.03. The number of phenols is 1. The van der Waals surface area contributed by atoms with Crippen molar-refractivity contribution in [2.24, 2.45) is 20.5 Å². The first-order valence-electron chi connectivity index (χ1n) is 13.8. The van der Waals surface area contributed by atoms with Gasteiger partial charge in [0.15, 0.2) is 0 Å². The van der Waals surface area contributed by atoms with Crippen LogP contribution in [0.2, 0.25) is 0 Å². The van der Waals surface area contributed by atoms with Gasteiger partial charge < -0.3 is 23.3 Å². The fourth-order valence-corrected chi connectivity index (χ4v) is 7.45. The van der Waals surface area contributed by atoms with Crippen LogP contribution < -0.4 is 118 Å². The van der Waals surface area contributed by atoms with Gasteiger partial charge in [0.1, 0.15) is 46.2 Å². The Balaban J connectivity index is 0.00000261. The van der Waals surface area contributed by atoms with Gasteiger partial charge in [-0.25, -0.2) is 33.7 Å². The van der Waals surface area contributed by atoms with E-state index in [1.54, 1.807) is 24.3 Å². The van der Waals surface area contributed by atoms with Gasteiger partial charge in [-0.15, -0.1) is 20.5 Å². The van der Waals surface area contributed by atoms with Crippen LogP contribution in [0.25, 0.3) is 32.3 Å². The van der Waals surface area contributed by atoms with E-state index >= 15 is 0 Å². The van der Waals surface area contributed by atoms with Crippen molar-refractivity contribution >= 4 is 95.5 Å². The summed E-state index contributed by atoms with van der Waals surface area (Å²) in [6.07, 6.45) is 0. The van der Waals surface area contributed by atoms with Gasteiger partial charge in [-0.2, -0.15) is 0 Å². The van der Waals surface area contributed by atoms with Gasteiger partial charge >= 0.3 is 118 Å². The predicted octanol–water partition coefficient (Wildman–Crippen LogP) is -6.68. The Morgan fingerprint density at radius 3 is 1.33 bits per heavy atom. The monoisotopic (exact) mass is 860 g/mol. The van der Waals surface area contributed by atoms with E-state index in [4.69, 9.17) is 0 Å². The van der Waals surface area contributed by atoms with E-state index in [0.29, 0.717) is 16.8 Å². The zero-order valence-corrected chi connectivity index (χ0v) is 40.2. The molecule has 0 saturated heterocycles. The van der Waals surface area contributed by atoms with Crippen LogP contribution in [0.1, 0.15) is 0 Å². The first-order chi connectivity index (χ1) is 23.7. The smallest absolute Gasteiger partial charge is 0.744 e. The van der Waals surface area contributed by atoms with Crippen LogP contribution in [-0.4, -0.2) is 57.0 Å². The summed E-state index contributed by atoms with van der Waals surface area (Å²) in [6, 6.07) is 17.5. The van der Waals surface area contributed by atoms with Crippen LogP contribution in [0.15, 0.2) is 131 Å². The zero-order chi connectivity index (χ0) is 37.1. The molecule has 0 atom stereocenters. The fraction of sp³-hybridized carbons (Fsp3) is 0. The Morgan fingerprint density at radius 2 is 0.855 bits per heavy atom. The molecule has 55 heavy (non-hydrogen) atoms. The Bertz CT molecular complexity index is 3010. The molecule has 0 aromatic heterocycles. The second-order valence-electron chi connectivity index (χ2n) is 10.6. The number of benzene rings is 6. The van der Waals surface area contributed by atoms with Crippen LogP contribution in [0.3, 0.4) is 0 Å². The first-order valence-corrected chi connectivity index (χ1v) is 19.4. The number of aromatic hydroxyl groups is 1. The molecule has 0 spiro atoms. The normalized spacial score (nSPS) is 12.3. The summed E-state index contributed by atoms with van der Waals surface area (Å²) < 4.78 is 141. The van der Waals surface area contributed by atoms with E-state index in [0.717, 1.165) is 42.5 Å². The van der Waals surface area contributed by atoms with Crippen LogP contribution in [0.4, 0.5) is 22.7 Å². The van der Waals surface area contributed by atoms with Gasteiger partial charge in [-0.1, -0.05) is 30.3 Å². The summed E-state index contributed by atoms with van der Waals surface area (Å²) in [6.45, 7) is 0. The molecule has 262 valence electrons. The molecule has 0 aliphatic rings. The van der Waals surface area contributed by atoms with Gasteiger partial charge in [0, 0.05) is 26.9 Å². The van der Waals surface area contributed by atoms with E-state index in [2.05, 4.69) is 20.5 Å². The maximum absolute atomic E-state index is 11.9. The van der Waals surface area contributed by atoms with E-state index in [1.165, 1.54) is 18.2 Å². The molecule has 6 aromatic rings. The summed E-state index contributed by atoms with van der Waals surface area (Å²) in [4.78, 5) is -3.41. The summed E-state index contributed by atoms with van der Waals surface area (Å²) >= 11 is 0. The minimum Gasteiger partial charge on any atom is -0.744 e. The van der Waals surface area contributed by atoms with Gasteiger partial charge in [-0.3, -0.25) is 0 Å². The number of rotatable bonds is 8. The van der Waals surface area contributed by atoms with Crippen LogP contribution in [0.5, 0.6) is 5.75 Å². The Morgan fingerprint density at radius 1 is 0.400 bits per heavy atom. The largest absolute Gasteiger partial charge is 1.00 e. The number of nitrogens with zero attached hydrogens (tertiary/aromatic N) is 4. The van der Waals surface area contributed by atoms with E-state index in [1.807, 2.05) is 0 Å².